The molecule has 112 valence electrons. The summed E-state index contributed by atoms with van der Waals surface area (Å²) >= 11 is 0. The highest BCUT2D eigenvalue weighted by Crippen LogP contribution is 2.19. The average Bonchev–Trinajstić information content (AvgIpc) is 2.48. The summed E-state index contributed by atoms with van der Waals surface area (Å²) < 4.78 is 24.2. The van der Waals surface area contributed by atoms with Gasteiger partial charge in [0.15, 0.2) is 9.84 Å². The van der Waals surface area contributed by atoms with E-state index < -0.39 is 33.6 Å². The normalized spacial score (nSPS) is 14.6. The van der Waals surface area contributed by atoms with Crippen LogP contribution < -0.4 is 0 Å². The molecule has 2 atom stereocenters. The van der Waals surface area contributed by atoms with Gasteiger partial charge in [-0.1, -0.05) is 60.7 Å². The molecule has 2 aromatic carbocycles. The molecular formula is C16H18O4S. The molecule has 0 fully saturated rings. The van der Waals surface area contributed by atoms with Crippen LogP contribution >= 0.6 is 0 Å². The third kappa shape index (κ3) is 4.67. The number of aliphatic hydroxyl groups excluding tert-OH is 2. The molecule has 2 aromatic rings. The smallest absolute Gasteiger partial charge is 0.156 e. The lowest BCUT2D eigenvalue weighted by molar-refractivity contribution is 0.194. The first-order valence-electron chi connectivity index (χ1n) is 6.64. The predicted octanol–water partition coefficient (Wildman–Crippen LogP) is 1.87. The third-order valence-corrected chi connectivity index (χ3v) is 4.84. The van der Waals surface area contributed by atoms with Crippen molar-refractivity contribution in [1.29, 1.82) is 0 Å². The van der Waals surface area contributed by atoms with Gasteiger partial charge in [-0.05, 0) is 11.1 Å². The van der Waals surface area contributed by atoms with Crippen molar-refractivity contribution in [3.8, 4) is 0 Å². The molecule has 0 aliphatic carbocycles. The summed E-state index contributed by atoms with van der Waals surface area (Å²) in [6, 6.07) is 17.2. The monoisotopic (exact) mass is 306 g/mol. The van der Waals surface area contributed by atoms with E-state index in [1.807, 2.05) is 0 Å². The van der Waals surface area contributed by atoms with Crippen LogP contribution in [0.2, 0.25) is 0 Å². The quantitative estimate of drug-likeness (QED) is 0.854. The van der Waals surface area contributed by atoms with Crippen LogP contribution in [0.1, 0.15) is 23.3 Å². The molecule has 0 aliphatic rings. The largest absolute Gasteiger partial charge is 0.387 e. The Labute approximate surface area is 124 Å². The van der Waals surface area contributed by atoms with Crippen LogP contribution in [0.4, 0.5) is 0 Å². The molecule has 5 heteroatoms. The zero-order valence-corrected chi connectivity index (χ0v) is 12.3. The van der Waals surface area contributed by atoms with Crippen molar-refractivity contribution in [2.45, 2.75) is 12.2 Å². The number of benzene rings is 2. The second-order valence-corrected chi connectivity index (χ2v) is 7.08. The van der Waals surface area contributed by atoms with Gasteiger partial charge in [0.2, 0.25) is 0 Å². The van der Waals surface area contributed by atoms with E-state index in [2.05, 4.69) is 0 Å². The van der Waals surface area contributed by atoms with Crippen LogP contribution in [0.5, 0.6) is 0 Å². The maximum Gasteiger partial charge on any atom is 0.156 e. The average molecular weight is 306 g/mol. The van der Waals surface area contributed by atoms with Gasteiger partial charge in [-0.3, -0.25) is 0 Å². The first kappa shape index (κ1) is 15.7. The summed E-state index contributed by atoms with van der Waals surface area (Å²) in [7, 11) is -3.58. The zero-order chi connectivity index (χ0) is 15.3. The van der Waals surface area contributed by atoms with Gasteiger partial charge in [-0.15, -0.1) is 0 Å². The molecule has 0 heterocycles. The van der Waals surface area contributed by atoms with E-state index in [0.29, 0.717) is 11.1 Å². The van der Waals surface area contributed by atoms with Crippen molar-refractivity contribution < 1.29 is 18.6 Å². The van der Waals surface area contributed by atoms with E-state index >= 15 is 0 Å². The van der Waals surface area contributed by atoms with Crippen LogP contribution in [-0.4, -0.2) is 30.1 Å². The molecule has 0 saturated carbocycles. The second kappa shape index (κ2) is 6.85. The Bertz CT molecular complexity index is 600. The van der Waals surface area contributed by atoms with Crippen LogP contribution in [0.15, 0.2) is 60.7 Å². The number of sulfone groups is 1. The first-order chi connectivity index (χ1) is 9.98. The predicted molar refractivity (Wildman–Crippen MR) is 81.5 cm³/mol. The van der Waals surface area contributed by atoms with Gasteiger partial charge in [0.25, 0.3) is 0 Å². The van der Waals surface area contributed by atoms with Crippen molar-refractivity contribution in [1.82, 2.24) is 0 Å². The molecule has 0 spiro atoms. The lowest BCUT2D eigenvalue weighted by Gasteiger charge is -2.14. The highest BCUT2D eigenvalue weighted by Gasteiger charge is 2.23. The van der Waals surface area contributed by atoms with Crippen LogP contribution in [0, 0.1) is 0 Å². The molecule has 0 saturated heterocycles. The number of hydrogen-bond acceptors (Lipinski definition) is 4. The highest BCUT2D eigenvalue weighted by molar-refractivity contribution is 7.91. The van der Waals surface area contributed by atoms with Gasteiger partial charge in [0.05, 0.1) is 23.7 Å². The summed E-state index contributed by atoms with van der Waals surface area (Å²) in [5.74, 6) is -0.804. The van der Waals surface area contributed by atoms with Gasteiger partial charge in [-0.25, -0.2) is 8.42 Å². The maximum absolute atomic E-state index is 12.1. The van der Waals surface area contributed by atoms with Gasteiger partial charge >= 0.3 is 0 Å². The standard InChI is InChI=1S/C16H18O4S/c17-15(13-7-3-1-4-8-13)11-21(19,20)12-16(18)14-9-5-2-6-10-14/h1-10,15-18H,11-12H2/t15-,16-/m1/s1. The molecule has 0 unspecified atom stereocenters. The topological polar surface area (TPSA) is 74.6 Å². The van der Waals surface area contributed by atoms with E-state index in [4.69, 9.17) is 0 Å². The van der Waals surface area contributed by atoms with Crippen LogP contribution in [0.3, 0.4) is 0 Å². The van der Waals surface area contributed by atoms with Gasteiger partial charge < -0.3 is 10.2 Å². The summed E-state index contributed by atoms with van der Waals surface area (Å²) in [6.07, 6.45) is -2.17. The molecule has 0 aliphatic heterocycles. The minimum Gasteiger partial charge on any atom is -0.387 e. The van der Waals surface area contributed by atoms with Gasteiger partial charge in [-0.2, -0.15) is 0 Å². The SMILES string of the molecule is O=S(=O)(C[C@@H](O)c1ccccc1)C[C@@H](O)c1ccccc1. The molecule has 0 aromatic heterocycles. The van der Waals surface area contributed by atoms with E-state index in [9.17, 15) is 18.6 Å². The Morgan fingerprint density at radius 1 is 0.714 bits per heavy atom. The summed E-state index contributed by atoms with van der Waals surface area (Å²) in [6.45, 7) is 0. The minimum absolute atomic E-state index is 0.402. The lowest BCUT2D eigenvalue weighted by atomic mass is 10.1. The molecule has 2 rings (SSSR count). The fourth-order valence-electron chi connectivity index (χ4n) is 2.09. The van der Waals surface area contributed by atoms with E-state index in [0.717, 1.165) is 0 Å². The van der Waals surface area contributed by atoms with E-state index in [-0.39, 0.29) is 0 Å². The van der Waals surface area contributed by atoms with Crippen LogP contribution in [-0.2, 0) is 9.84 Å². The molecule has 21 heavy (non-hydrogen) atoms. The summed E-state index contributed by atoms with van der Waals surface area (Å²) in [4.78, 5) is 0. The Kier molecular flexibility index (Phi) is 5.12. The van der Waals surface area contributed by atoms with Crippen LogP contribution in [0.25, 0.3) is 0 Å². The Balaban J connectivity index is 2.02. The summed E-state index contributed by atoms with van der Waals surface area (Å²) in [5, 5.41) is 20.0. The molecule has 2 N–H and O–H groups in total. The first-order valence-corrected chi connectivity index (χ1v) is 8.46. The maximum atomic E-state index is 12.1. The number of aliphatic hydroxyl groups is 2. The Morgan fingerprint density at radius 2 is 1.05 bits per heavy atom. The van der Waals surface area contributed by atoms with Gasteiger partial charge in [0, 0.05) is 0 Å². The fraction of sp³-hybridized carbons (Fsp3) is 0.250. The van der Waals surface area contributed by atoms with Crippen molar-refractivity contribution in [2.75, 3.05) is 11.5 Å². The van der Waals surface area contributed by atoms with Crippen molar-refractivity contribution in [3.63, 3.8) is 0 Å². The zero-order valence-electron chi connectivity index (χ0n) is 11.5. The number of rotatable bonds is 6. The van der Waals surface area contributed by atoms with Crippen molar-refractivity contribution >= 4 is 9.84 Å². The van der Waals surface area contributed by atoms with E-state index in [1.54, 1.807) is 60.7 Å². The van der Waals surface area contributed by atoms with Crippen molar-refractivity contribution in [3.05, 3.63) is 71.8 Å². The highest BCUT2D eigenvalue weighted by atomic mass is 32.2. The number of hydrogen-bond donors (Lipinski definition) is 2. The Hall–Kier alpha value is -1.69. The lowest BCUT2D eigenvalue weighted by Crippen LogP contribution is -2.21. The van der Waals surface area contributed by atoms with Crippen molar-refractivity contribution in [2.24, 2.45) is 0 Å². The van der Waals surface area contributed by atoms with Gasteiger partial charge in [0.1, 0.15) is 0 Å². The fourth-order valence-corrected chi connectivity index (χ4v) is 3.58. The third-order valence-electron chi connectivity index (χ3n) is 3.19. The molecule has 0 bridgehead atoms. The molecule has 0 radical (unpaired) electrons. The molecular weight excluding hydrogens is 288 g/mol. The summed E-state index contributed by atoms with van der Waals surface area (Å²) in [5.41, 5.74) is 1.10. The molecule has 0 amide bonds. The molecule has 4 nitrogen and oxygen atoms in total. The van der Waals surface area contributed by atoms with E-state index in [1.165, 1.54) is 0 Å². The Morgan fingerprint density at radius 3 is 1.38 bits per heavy atom. The minimum atomic E-state index is -3.58. The second-order valence-electron chi connectivity index (χ2n) is 4.93.